The predicted molar refractivity (Wildman–Crippen MR) is 165 cm³/mol. The normalized spacial score (nSPS) is 11.3. The van der Waals surface area contributed by atoms with Gasteiger partial charge < -0.3 is 23.4 Å². The van der Waals surface area contributed by atoms with Gasteiger partial charge in [-0.05, 0) is 81.8 Å². The number of carbonyl (C=O) groups excluding carboxylic acids is 2. The molecule has 8 heteroatoms. The highest BCUT2D eigenvalue weighted by atomic mass is 16.6. The van der Waals surface area contributed by atoms with Gasteiger partial charge in [-0.15, -0.1) is 0 Å². The first-order valence-electron chi connectivity index (χ1n) is 14.0. The van der Waals surface area contributed by atoms with E-state index < -0.39 is 17.7 Å². The summed E-state index contributed by atoms with van der Waals surface area (Å²) in [5.41, 5.74) is 2.13. The molecule has 0 bridgehead atoms. The molecule has 1 heterocycles. The van der Waals surface area contributed by atoms with Crippen LogP contribution >= 0.6 is 0 Å². The van der Waals surface area contributed by atoms with E-state index in [4.69, 9.17) is 23.4 Å². The van der Waals surface area contributed by atoms with Crippen LogP contribution in [-0.2, 0) is 16.1 Å². The molecule has 4 rings (SSSR count). The molecule has 1 amide bonds. The number of carbonyl (C=O) groups is 2. The minimum Gasteiger partial charge on any atom is -0.497 e. The zero-order valence-electron chi connectivity index (χ0n) is 25.2. The highest BCUT2D eigenvalue weighted by Gasteiger charge is 2.24. The number of aryl methyl sites for hydroxylation is 1. The van der Waals surface area contributed by atoms with Crippen LogP contribution in [0, 0.1) is 6.92 Å². The minimum absolute atomic E-state index is 0.137. The lowest BCUT2D eigenvalue weighted by atomic mass is 10.1. The van der Waals surface area contributed by atoms with E-state index in [0.29, 0.717) is 23.9 Å². The molecule has 3 aromatic carbocycles. The third-order valence-corrected chi connectivity index (χ3v) is 6.22. The maximum Gasteiger partial charge on any atom is 0.416 e. The van der Waals surface area contributed by atoms with Gasteiger partial charge in [-0.25, -0.2) is 4.79 Å². The average molecular weight is 584 g/mol. The van der Waals surface area contributed by atoms with E-state index >= 15 is 0 Å². The second kappa shape index (κ2) is 14.3. The lowest BCUT2D eigenvalue weighted by molar-refractivity contribution is -0.155. The van der Waals surface area contributed by atoms with Gasteiger partial charge in [0.05, 0.1) is 7.11 Å². The zero-order valence-corrected chi connectivity index (χ0v) is 25.2. The van der Waals surface area contributed by atoms with Gasteiger partial charge in [-0.2, -0.15) is 0 Å². The number of hydrogen-bond acceptors (Lipinski definition) is 7. The summed E-state index contributed by atoms with van der Waals surface area (Å²) in [7, 11) is 1.56. The van der Waals surface area contributed by atoms with E-state index in [1.54, 1.807) is 52.1 Å². The largest absolute Gasteiger partial charge is 0.497 e. The standard InChI is InChI=1S/C35H37NO7/c1-25-28(22-32(41-25)27-10-7-6-8-11-27)12-9-21-40-30-15-13-26(14-16-30)23-36(24-33(37)43-35(2,3)4)34(38)42-31-19-17-29(39-5)18-20-31/h6-20,22H,21,23-24H2,1-5H3/b12-9-. The fourth-order valence-electron chi connectivity index (χ4n) is 4.16. The fourth-order valence-corrected chi connectivity index (χ4v) is 4.16. The highest BCUT2D eigenvalue weighted by molar-refractivity contribution is 5.79. The summed E-state index contributed by atoms with van der Waals surface area (Å²) in [5, 5.41) is 0. The van der Waals surface area contributed by atoms with Crippen molar-refractivity contribution in [2.45, 2.75) is 39.8 Å². The number of ether oxygens (including phenoxy) is 4. The molecule has 0 aliphatic heterocycles. The molecule has 0 N–H and O–H groups in total. The van der Waals surface area contributed by atoms with Crippen LogP contribution in [-0.4, -0.2) is 42.8 Å². The maximum atomic E-state index is 13.1. The lowest BCUT2D eigenvalue weighted by Crippen LogP contribution is -2.39. The van der Waals surface area contributed by atoms with Crippen molar-refractivity contribution in [3.8, 4) is 28.6 Å². The SMILES string of the molecule is COc1ccc(OC(=O)N(CC(=O)OC(C)(C)C)Cc2ccc(OC/C=C\c3cc(-c4ccccc4)oc3C)cc2)cc1. The first-order chi connectivity index (χ1) is 20.6. The van der Waals surface area contributed by atoms with Crippen molar-refractivity contribution in [1.82, 2.24) is 4.90 Å². The van der Waals surface area contributed by atoms with Crippen LogP contribution in [0.3, 0.4) is 0 Å². The number of esters is 1. The molecule has 0 aliphatic carbocycles. The van der Waals surface area contributed by atoms with Crippen molar-refractivity contribution < 1.29 is 33.0 Å². The van der Waals surface area contributed by atoms with Crippen molar-refractivity contribution in [3.63, 3.8) is 0 Å². The summed E-state index contributed by atoms with van der Waals surface area (Å²) in [6, 6.07) is 25.9. The Hall–Kier alpha value is -4.98. The molecule has 43 heavy (non-hydrogen) atoms. The van der Waals surface area contributed by atoms with Crippen molar-refractivity contribution >= 4 is 18.1 Å². The summed E-state index contributed by atoms with van der Waals surface area (Å²) < 4.78 is 27.9. The molecular weight excluding hydrogens is 546 g/mol. The molecule has 0 aliphatic rings. The van der Waals surface area contributed by atoms with Gasteiger partial charge in [0.1, 0.15) is 47.5 Å². The van der Waals surface area contributed by atoms with Crippen molar-refractivity contribution in [2.24, 2.45) is 0 Å². The lowest BCUT2D eigenvalue weighted by Gasteiger charge is -2.25. The second-order valence-electron chi connectivity index (χ2n) is 10.8. The smallest absolute Gasteiger partial charge is 0.416 e. The van der Waals surface area contributed by atoms with E-state index in [1.165, 1.54) is 4.90 Å². The molecule has 0 saturated carbocycles. The highest BCUT2D eigenvalue weighted by Crippen LogP contribution is 2.26. The summed E-state index contributed by atoms with van der Waals surface area (Å²) >= 11 is 0. The number of benzene rings is 3. The Morgan fingerprint density at radius 3 is 2.19 bits per heavy atom. The number of nitrogens with zero attached hydrogens (tertiary/aromatic N) is 1. The molecule has 8 nitrogen and oxygen atoms in total. The number of hydrogen-bond donors (Lipinski definition) is 0. The molecular formula is C35H37NO7. The second-order valence-corrected chi connectivity index (χ2v) is 10.8. The Labute approximate surface area is 252 Å². The molecule has 0 unspecified atom stereocenters. The molecule has 4 aromatic rings. The Bertz CT molecular complexity index is 1520. The van der Waals surface area contributed by atoms with Crippen LogP contribution < -0.4 is 14.2 Å². The van der Waals surface area contributed by atoms with Gasteiger partial charge >= 0.3 is 12.1 Å². The van der Waals surface area contributed by atoms with Crippen molar-refractivity contribution in [3.05, 3.63) is 108 Å². The quantitative estimate of drug-likeness (QED) is 0.167. The van der Waals surface area contributed by atoms with Gasteiger partial charge in [-0.3, -0.25) is 9.69 Å². The molecule has 1 aromatic heterocycles. The van der Waals surface area contributed by atoms with E-state index in [-0.39, 0.29) is 13.1 Å². The maximum absolute atomic E-state index is 13.1. The molecule has 0 atom stereocenters. The van der Waals surface area contributed by atoms with Crippen LogP contribution in [0.25, 0.3) is 17.4 Å². The van der Waals surface area contributed by atoms with Gasteiger partial charge in [-0.1, -0.05) is 48.5 Å². The summed E-state index contributed by atoms with van der Waals surface area (Å²) in [6.07, 6.45) is 3.23. The number of amides is 1. The van der Waals surface area contributed by atoms with E-state index in [2.05, 4.69) is 0 Å². The third-order valence-electron chi connectivity index (χ3n) is 6.22. The summed E-state index contributed by atoms with van der Waals surface area (Å²) in [6.45, 7) is 7.49. The zero-order chi connectivity index (χ0) is 30.8. The summed E-state index contributed by atoms with van der Waals surface area (Å²) in [5.74, 6) is 2.76. The number of rotatable bonds is 11. The van der Waals surface area contributed by atoms with Crippen LogP contribution in [0.4, 0.5) is 4.79 Å². The third kappa shape index (κ3) is 9.53. The molecule has 0 fully saturated rings. The van der Waals surface area contributed by atoms with Gasteiger partial charge in [0, 0.05) is 17.7 Å². The Kier molecular flexibility index (Phi) is 10.3. The van der Waals surface area contributed by atoms with E-state index in [9.17, 15) is 9.59 Å². The van der Waals surface area contributed by atoms with Gasteiger partial charge in [0.2, 0.25) is 0 Å². The topological polar surface area (TPSA) is 87.4 Å². The molecule has 0 spiro atoms. The number of furan rings is 1. The first kappa shape index (κ1) is 31.0. The Morgan fingerprint density at radius 2 is 1.53 bits per heavy atom. The summed E-state index contributed by atoms with van der Waals surface area (Å²) in [4.78, 5) is 26.9. The van der Waals surface area contributed by atoms with Crippen LogP contribution in [0.15, 0.2) is 95.4 Å². The van der Waals surface area contributed by atoms with E-state index in [0.717, 1.165) is 28.2 Å². The first-order valence-corrected chi connectivity index (χ1v) is 14.0. The van der Waals surface area contributed by atoms with Gasteiger partial charge in [0.15, 0.2) is 0 Å². The van der Waals surface area contributed by atoms with Crippen LogP contribution in [0.2, 0.25) is 0 Å². The van der Waals surface area contributed by atoms with E-state index in [1.807, 2.05) is 79.7 Å². The minimum atomic E-state index is -0.684. The average Bonchev–Trinajstić information content (AvgIpc) is 3.35. The molecule has 224 valence electrons. The Morgan fingerprint density at radius 1 is 0.884 bits per heavy atom. The fraction of sp³-hybridized carbons (Fsp3) is 0.257. The molecule has 0 radical (unpaired) electrons. The van der Waals surface area contributed by atoms with Crippen LogP contribution in [0.1, 0.15) is 37.7 Å². The van der Waals surface area contributed by atoms with Crippen LogP contribution in [0.5, 0.6) is 17.2 Å². The monoisotopic (exact) mass is 583 g/mol. The van der Waals surface area contributed by atoms with Gasteiger partial charge in [0.25, 0.3) is 0 Å². The molecule has 0 saturated heterocycles. The van der Waals surface area contributed by atoms with Crippen molar-refractivity contribution in [2.75, 3.05) is 20.3 Å². The number of methoxy groups -OCH3 is 1. The predicted octanol–water partition coefficient (Wildman–Crippen LogP) is 7.70. The Balaban J connectivity index is 1.36. The van der Waals surface area contributed by atoms with Crippen molar-refractivity contribution in [1.29, 1.82) is 0 Å².